The summed E-state index contributed by atoms with van der Waals surface area (Å²) in [6.45, 7) is 4.43. The SMILES string of the molecule is Cc1ccc(CC(=O)N2CCNCc3ccccc32)cc1. The molecule has 108 valence electrons. The number of para-hydroxylation sites is 1. The van der Waals surface area contributed by atoms with Crippen molar-refractivity contribution in [2.75, 3.05) is 18.0 Å². The predicted molar refractivity (Wildman–Crippen MR) is 85.4 cm³/mol. The molecule has 0 fully saturated rings. The third-order valence-electron chi connectivity index (χ3n) is 3.89. The molecule has 1 aliphatic heterocycles. The van der Waals surface area contributed by atoms with Crippen LogP contribution in [0.25, 0.3) is 0 Å². The second kappa shape index (κ2) is 6.10. The van der Waals surface area contributed by atoms with Crippen molar-refractivity contribution in [1.82, 2.24) is 5.32 Å². The first-order valence-corrected chi connectivity index (χ1v) is 7.38. The van der Waals surface area contributed by atoms with Gasteiger partial charge in [0.1, 0.15) is 0 Å². The lowest BCUT2D eigenvalue weighted by atomic mass is 10.1. The monoisotopic (exact) mass is 280 g/mol. The zero-order valence-electron chi connectivity index (χ0n) is 12.3. The van der Waals surface area contributed by atoms with Crippen LogP contribution in [0.1, 0.15) is 16.7 Å². The second-order valence-corrected chi connectivity index (χ2v) is 5.51. The van der Waals surface area contributed by atoms with E-state index in [9.17, 15) is 4.79 Å². The Morgan fingerprint density at radius 2 is 1.90 bits per heavy atom. The highest BCUT2D eigenvalue weighted by Gasteiger charge is 2.20. The standard InChI is InChI=1S/C18H20N2O/c1-14-6-8-15(9-7-14)12-18(21)20-11-10-19-13-16-4-2-3-5-17(16)20/h2-9,19H,10-13H2,1H3. The maximum atomic E-state index is 12.7. The number of hydrogen-bond donors (Lipinski definition) is 1. The van der Waals surface area contributed by atoms with Crippen molar-refractivity contribution >= 4 is 11.6 Å². The number of hydrogen-bond acceptors (Lipinski definition) is 2. The Kier molecular flexibility index (Phi) is 4.02. The number of anilines is 1. The fraction of sp³-hybridized carbons (Fsp3) is 0.278. The van der Waals surface area contributed by atoms with Crippen LogP contribution in [0.5, 0.6) is 0 Å². The highest BCUT2D eigenvalue weighted by atomic mass is 16.2. The van der Waals surface area contributed by atoms with Gasteiger partial charge in [-0.05, 0) is 24.1 Å². The molecule has 0 saturated heterocycles. The summed E-state index contributed by atoms with van der Waals surface area (Å²) in [4.78, 5) is 14.6. The minimum absolute atomic E-state index is 0.162. The summed E-state index contributed by atoms with van der Waals surface area (Å²) < 4.78 is 0. The molecule has 3 nitrogen and oxygen atoms in total. The van der Waals surface area contributed by atoms with Crippen molar-refractivity contribution < 1.29 is 4.79 Å². The number of carbonyl (C=O) groups is 1. The number of fused-ring (bicyclic) bond motifs is 1. The van der Waals surface area contributed by atoms with Crippen LogP contribution in [-0.4, -0.2) is 19.0 Å². The largest absolute Gasteiger partial charge is 0.311 e. The van der Waals surface area contributed by atoms with Crippen LogP contribution in [0, 0.1) is 6.92 Å². The van der Waals surface area contributed by atoms with Crippen LogP contribution >= 0.6 is 0 Å². The lowest BCUT2D eigenvalue weighted by Crippen LogP contribution is -2.35. The molecule has 2 aromatic rings. The number of benzene rings is 2. The molecular weight excluding hydrogens is 260 g/mol. The van der Waals surface area contributed by atoms with Gasteiger partial charge < -0.3 is 10.2 Å². The van der Waals surface area contributed by atoms with E-state index in [0.29, 0.717) is 6.42 Å². The van der Waals surface area contributed by atoms with Gasteiger partial charge in [0.05, 0.1) is 6.42 Å². The van der Waals surface area contributed by atoms with Gasteiger partial charge in [-0.2, -0.15) is 0 Å². The molecule has 21 heavy (non-hydrogen) atoms. The van der Waals surface area contributed by atoms with E-state index in [2.05, 4.69) is 30.4 Å². The Labute approximate surface area is 125 Å². The van der Waals surface area contributed by atoms with Crippen molar-refractivity contribution in [3.05, 3.63) is 65.2 Å². The molecule has 3 rings (SSSR count). The van der Waals surface area contributed by atoms with E-state index in [1.807, 2.05) is 35.2 Å². The van der Waals surface area contributed by atoms with Crippen molar-refractivity contribution in [3.8, 4) is 0 Å². The number of rotatable bonds is 2. The van der Waals surface area contributed by atoms with Gasteiger partial charge in [0, 0.05) is 25.3 Å². The van der Waals surface area contributed by atoms with Crippen molar-refractivity contribution in [2.45, 2.75) is 19.9 Å². The first-order valence-electron chi connectivity index (χ1n) is 7.38. The van der Waals surface area contributed by atoms with Gasteiger partial charge in [0.15, 0.2) is 0 Å². The van der Waals surface area contributed by atoms with Gasteiger partial charge in [-0.1, -0.05) is 48.0 Å². The molecular formula is C18H20N2O. The van der Waals surface area contributed by atoms with Gasteiger partial charge in [-0.3, -0.25) is 4.79 Å². The Bertz CT molecular complexity index is 634. The third kappa shape index (κ3) is 3.14. The average Bonchev–Trinajstić information content (AvgIpc) is 2.72. The van der Waals surface area contributed by atoms with E-state index in [4.69, 9.17) is 0 Å². The normalized spacial score (nSPS) is 14.4. The summed E-state index contributed by atoms with van der Waals surface area (Å²) in [6.07, 6.45) is 0.453. The van der Waals surface area contributed by atoms with E-state index >= 15 is 0 Å². The quantitative estimate of drug-likeness (QED) is 0.917. The summed E-state index contributed by atoms with van der Waals surface area (Å²) in [7, 11) is 0. The highest BCUT2D eigenvalue weighted by Crippen LogP contribution is 2.23. The maximum absolute atomic E-state index is 12.7. The molecule has 0 atom stereocenters. The van der Waals surface area contributed by atoms with E-state index < -0.39 is 0 Å². The zero-order valence-corrected chi connectivity index (χ0v) is 12.3. The summed E-state index contributed by atoms with van der Waals surface area (Å²) in [5.74, 6) is 0.162. The van der Waals surface area contributed by atoms with E-state index in [0.717, 1.165) is 30.9 Å². The summed E-state index contributed by atoms with van der Waals surface area (Å²) in [5.41, 5.74) is 4.52. The zero-order chi connectivity index (χ0) is 14.7. The number of amides is 1. The van der Waals surface area contributed by atoms with Crippen LogP contribution in [0.2, 0.25) is 0 Å². The van der Waals surface area contributed by atoms with E-state index in [1.165, 1.54) is 11.1 Å². The Balaban J connectivity index is 1.82. The molecule has 2 aromatic carbocycles. The summed E-state index contributed by atoms with van der Waals surface area (Å²) in [5, 5.41) is 3.37. The fourth-order valence-corrected chi connectivity index (χ4v) is 2.69. The summed E-state index contributed by atoms with van der Waals surface area (Å²) >= 11 is 0. The molecule has 0 aliphatic carbocycles. The number of nitrogens with one attached hydrogen (secondary N) is 1. The highest BCUT2D eigenvalue weighted by molar-refractivity contribution is 5.95. The first-order chi connectivity index (χ1) is 10.2. The van der Waals surface area contributed by atoms with Gasteiger partial charge in [-0.15, -0.1) is 0 Å². The lowest BCUT2D eigenvalue weighted by molar-refractivity contribution is -0.118. The number of nitrogens with zero attached hydrogens (tertiary/aromatic N) is 1. The van der Waals surface area contributed by atoms with Crippen LogP contribution in [0.3, 0.4) is 0 Å². The molecule has 0 bridgehead atoms. The fourth-order valence-electron chi connectivity index (χ4n) is 2.69. The molecule has 1 heterocycles. The van der Waals surface area contributed by atoms with Crippen LogP contribution < -0.4 is 10.2 Å². The van der Waals surface area contributed by atoms with Crippen molar-refractivity contribution in [3.63, 3.8) is 0 Å². The molecule has 0 radical (unpaired) electrons. The van der Waals surface area contributed by atoms with Crippen molar-refractivity contribution in [1.29, 1.82) is 0 Å². The molecule has 0 saturated carbocycles. The molecule has 0 aromatic heterocycles. The van der Waals surface area contributed by atoms with Crippen LogP contribution in [-0.2, 0) is 17.8 Å². The smallest absolute Gasteiger partial charge is 0.231 e. The van der Waals surface area contributed by atoms with Gasteiger partial charge in [-0.25, -0.2) is 0 Å². The molecule has 1 aliphatic rings. The molecule has 0 unspecified atom stereocenters. The molecule has 3 heteroatoms. The van der Waals surface area contributed by atoms with Gasteiger partial charge in [0.2, 0.25) is 5.91 Å². The maximum Gasteiger partial charge on any atom is 0.231 e. The Morgan fingerprint density at radius 1 is 1.14 bits per heavy atom. The molecule has 1 N–H and O–H groups in total. The van der Waals surface area contributed by atoms with Gasteiger partial charge in [0.25, 0.3) is 0 Å². The van der Waals surface area contributed by atoms with Crippen LogP contribution in [0.15, 0.2) is 48.5 Å². The predicted octanol–water partition coefficient (Wildman–Crippen LogP) is 2.67. The Hall–Kier alpha value is -2.13. The van der Waals surface area contributed by atoms with Crippen LogP contribution in [0.4, 0.5) is 5.69 Å². The molecule has 0 spiro atoms. The number of aryl methyl sites for hydroxylation is 1. The minimum Gasteiger partial charge on any atom is -0.311 e. The van der Waals surface area contributed by atoms with Gasteiger partial charge >= 0.3 is 0 Å². The Morgan fingerprint density at radius 3 is 2.71 bits per heavy atom. The van der Waals surface area contributed by atoms with E-state index in [-0.39, 0.29) is 5.91 Å². The average molecular weight is 280 g/mol. The van der Waals surface area contributed by atoms with E-state index in [1.54, 1.807) is 0 Å². The number of carbonyl (C=O) groups excluding carboxylic acids is 1. The second-order valence-electron chi connectivity index (χ2n) is 5.51. The lowest BCUT2D eigenvalue weighted by Gasteiger charge is -2.22. The minimum atomic E-state index is 0.162. The topological polar surface area (TPSA) is 32.3 Å². The third-order valence-corrected chi connectivity index (χ3v) is 3.89. The van der Waals surface area contributed by atoms with Crippen molar-refractivity contribution in [2.24, 2.45) is 0 Å². The first kappa shape index (κ1) is 13.8. The summed E-state index contributed by atoms with van der Waals surface area (Å²) in [6, 6.07) is 16.3. The molecule has 1 amide bonds.